The average molecular weight is 229 g/mol. The Labute approximate surface area is 97.2 Å². The molecule has 1 aliphatic rings. The van der Waals surface area contributed by atoms with Gasteiger partial charge in [-0.05, 0) is 39.9 Å². The molecule has 1 unspecified atom stereocenters. The molecular formula is C11H23N3O2. The molecule has 0 bridgehead atoms. The topological polar surface area (TPSA) is 69.8 Å². The molecule has 1 fully saturated rings. The highest BCUT2D eigenvalue weighted by Crippen LogP contribution is 2.17. The van der Waals surface area contributed by atoms with Crippen molar-refractivity contribution in [2.75, 3.05) is 33.7 Å². The van der Waals surface area contributed by atoms with Gasteiger partial charge in [0.15, 0.2) is 0 Å². The fourth-order valence-electron chi connectivity index (χ4n) is 2.33. The summed E-state index contributed by atoms with van der Waals surface area (Å²) in [5.74, 6) is -0.742. The van der Waals surface area contributed by atoms with Crippen molar-refractivity contribution in [1.29, 1.82) is 0 Å². The second-order valence-corrected chi connectivity index (χ2v) is 4.66. The maximum absolute atomic E-state index is 11.1. The third-order valence-electron chi connectivity index (χ3n) is 3.40. The van der Waals surface area contributed by atoms with E-state index in [0.29, 0.717) is 19.0 Å². The van der Waals surface area contributed by atoms with Gasteiger partial charge in [0.25, 0.3) is 0 Å². The number of likely N-dealkylation sites (tertiary alicyclic amines) is 1. The first-order chi connectivity index (χ1) is 7.56. The van der Waals surface area contributed by atoms with Crippen LogP contribution in [0.3, 0.4) is 0 Å². The van der Waals surface area contributed by atoms with E-state index in [2.05, 4.69) is 23.9 Å². The summed E-state index contributed by atoms with van der Waals surface area (Å²) in [6.45, 7) is 2.16. The lowest BCUT2D eigenvalue weighted by molar-refractivity contribution is -0.144. The minimum Gasteiger partial charge on any atom is -0.480 e. The molecule has 0 aromatic carbocycles. The van der Waals surface area contributed by atoms with Crippen LogP contribution in [-0.2, 0) is 4.79 Å². The van der Waals surface area contributed by atoms with Crippen LogP contribution >= 0.6 is 0 Å². The maximum Gasteiger partial charge on any atom is 0.320 e. The molecule has 3 N–H and O–H groups in total. The van der Waals surface area contributed by atoms with Crippen molar-refractivity contribution >= 4 is 5.97 Å². The number of rotatable bonds is 5. The van der Waals surface area contributed by atoms with Crippen LogP contribution in [-0.4, -0.2) is 66.7 Å². The maximum atomic E-state index is 11.1. The van der Waals surface area contributed by atoms with Crippen molar-refractivity contribution in [3.63, 3.8) is 0 Å². The van der Waals surface area contributed by atoms with E-state index in [-0.39, 0.29) is 0 Å². The van der Waals surface area contributed by atoms with Gasteiger partial charge in [0, 0.05) is 19.1 Å². The van der Waals surface area contributed by atoms with E-state index >= 15 is 0 Å². The van der Waals surface area contributed by atoms with Crippen LogP contribution in [0.2, 0.25) is 0 Å². The second-order valence-electron chi connectivity index (χ2n) is 4.66. The molecule has 0 radical (unpaired) electrons. The van der Waals surface area contributed by atoms with E-state index in [0.717, 1.165) is 25.9 Å². The lowest BCUT2D eigenvalue weighted by atomic mass is 10.0. The molecule has 1 rings (SSSR count). The Morgan fingerprint density at radius 3 is 2.44 bits per heavy atom. The molecule has 0 aromatic rings. The summed E-state index contributed by atoms with van der Waals surface area (Å²) < 4.78 is 0. The van der Waals surface area contributed by atoms with Crippen LogP contribution in [0.5, 0.6) is 0 Å². The third kappa shape index (κ3) is 3.43. The monoisotopic (exact) mass is 229 g/mol. The van der Waals surface area contributed by atoms with E-state index in [9.17, 15) is 4.79 Å². The van der Waals surface area contributed by atoms with Gasteiger partial charge in [-0.25, -0.2) is 0 Å². The van der Waals surface area contributed by atoms with Crippen LogP contribution in [0.25, 0.3) is 0 Å². The van der Waals surface area contributed by atoms with Gasteiger partial charge in [-0.2, -0.15) is 0 Å². The molecule has 1 atom stereocenters. The Kier molecular flexibility index (Phi) is 5.18. The molecule has 0 spiro atoms. The van der Waals surface area contributed by atoms with Crippen molar-refractivity contribution < 1.29 is 9.90 Å². The van der Waals surface area contributed by atoms with Crippen LogP contribution < -0.4 is 5.73 Å². The molecule has 1 heterocycles. The van der Waals surface area contributed by atoms with Crippen molar-refractivity contribution in [2.45, 2.75) is 31.3 Å². The summed E-state index contributed by atoms with van der Waals surface area (Å²) in [6, 6.07) is 0.191. The molecule has 16 heavy (non-hydrogen) atoms. The highest BCUT2D eigenvalue weighted by molar-refractivity contribution is 5.73. The fraction of sp³-hybridized carbons (Fsp3) is 0.909. The number of nitrogens with zero attached hydrogens (tertiary/aromatic N) is 2. The molecule has 5 nitrogen and oxygen atoms in total. The van der Waals surface area contributed by atoms with Gasteiger partial charge in [0.1, 0.15) is 6.04 Å². The summed E-state index contributed by atoms with van der Waals surface area (Å²) in [7, 11) is 4.16. The Morgan fingerprint density at radius 2 is 2.06 bits per heavy atom. The van der Waals surface area contributed by atoms with Gasteiger partial charge >= 0.3 is 5.97 Å². The molecule has 0 saturated carbocycles. The van der Waals surface area contributed by atoms with Crippen LogP contribution in [0.1, 0.15) is 19.3 Å². The number of hydrogen-bond acceptors (Lipinski definition) is 4. The predicted molar refractivity (Wildman–Crippen MR) is 63.4 cm³/mol. The number of carboxylic acids is 1. The van der Waals surface area contributed by atoms with Gasteiger partial charge in [-0.3, -0.25) is 9.69 Å². The third-order valence-corrected chi connectivity index (χ3v) is 3.40. The first kappa shape index (κ1) is 13.4. The van der Waals surface area contributed by atoms with Gasteiger partial charge in [-0.1, -0.05) is 0 Å². The Balaban J connectivity index is 2.47. The quantitative estimate of drug-likeness (QED) is 0.684. The minimum atomic E-state index is -0.742. The minimum absolute atomic E-state index is 0.395. The second kappa shape index (κ2) is 6.18. The van der Waals surface area contributed by atoms with Crippen LogP contribution in [0.4, 0.5) is 0 Å². The van der Waals surface area contributed by atoms with Crippen LogP contribution in [0, 0.1) is 0 Å². The molecule has 94 valence electrons. The zero-order valence-corrected chi connectivity index (χ0v) is 10.2. The summed E-state index contributed by atoms with van der Waals surface area (Å²) in [5, 5.41) is 9.12. The Hall–Kier alpha value is -0.650. The molecule has 5 heteroatoms. The molecular weight excluding hydrogens is 206 g/mol. The number of carbonyl (C=O) groups is 1. The van der Waals surface area contributed by atoms with Crippen molar-refractivity contribution in [3.8, 4) is 0 Å². The number of aliphatic carboxylic acids is 1. The smallest absolute Gasteiger partial charge is 0.320 e. The zero-order chi connectivity index (χ0) is 12.1. The van der Waals surface area contributed by atoms with Gasteiger partial charge < -0.3 is 15.7 Å². The number of carboxylic acid groups (broad SMARTS) is 1. The standard InChI is InChI=1S/C11H23N3O2/c1-13(2)9-4-7-14(8-5-9)10(3-6-12)11(15)16/h9-10H,3-8,12H2,1-2H3,(H,15,16). The summed E-state index contributed by atoms with van der Waals surface area (Å²) in [4.78, 5) is 15.4. The van der Waals surface area contributed by atoms with Crippen LogP contribution in [0.15, 0.2) is 0 Å². The summed E-state index contributed by atoms with van der Waals surface area (Å²) in [5.41, 5.74) is 5.45. The van der Waals surface area contributed by atoms with E-state index in [1.165, 1.54) is 0 Å². The molecule has 0 aromatic heterocycles. The molecule has 0 amide bonds. The average Bonchev–Trinajstić information content (AvgIpc) is 2.25. The number of hydrogen-bond donors (Lipinski definition) is 2. The van der Waals surface area contributed by atoms with Crippen molar-refractivity contribution in [2.24, 2.45) is 5.73 Å². The molecule has 1 saturated heterocycles. The number of nitrogens with two attached hydrogens (primary N) is 1. The van der Waals surface area contributed by atoms with E-state index in [1.54, 1.807) is 0 Å². The first-order valence-electron chi connectivity index (χ1n) is 5.89. The molecule has 0 aliphatic carbocycles. The zero-order valence-electron chi connectivity index (χ0n) is 10.2. The van der Waals surface area contributed by atoms with Gasteiger partial charge in [0.2, 0.25) is 0 Å². The highest BCUT2D eigenvalue weighted by atomic mass is 16.4. The SMILES string of the molecule is CN(C)C1CCN(C(CCN)C(=O)O)CC1. The summed E-state index contributed by atoms with van der Waals surface area (Å²) >= 11 is 0. The van der Waals surface area contributed by atoms with Gasteiger partial charge in [0.05, 0.1) is 0 Å². The van der Waals surface area contributed by atoms with E-state index in [1.807, 2.05) is 0 Å². The summed E-state index contributed by atoms with van der Waals surface area (Å²) in [6.07, 6.45) is 2.63. The molecule has 1 aliphatic heterocycles. The largest absolute Gasteiger partial charge is 0.480 e. The van der Waals surface area contributed by atoms with Crippen molar-refractivity contribution in [1.82, 2.24) is 9.80 Å². The Morgan fingerprint density at radius 1 is 1.50 bits per heavy atom. The lowest BCUT2D eigenvalue weighted by Gasteiger charge is -2.37. The Bertz CT molecular complexity index is 225. The first-order valence-corrected chi connectivity index (χ1v) is 5.89. The van der Waals surface area contributed by atoms with E-state index in [4.69, 9.17) is 10.8 Å². The van der Waals surface area contributed by atoms with Gasteiger partial charge in [-0.15, -0.1) is 0 Å². The normalized spacial score (nSPS) is 21.2. The number of piperidine rings is 1. The van der Waals surface area contributed by atoms with E-state index < -0.39 is 12.0 Å². The highest BCUT2D eigenvalue weighted by Gasteiger charge is 2.29. The lowest BCUT2D eigenvalue weighted by Crippen LogP contribution is -2.49. The fourth-order valence-corrected chi connectivity index (χ4v) is 2.33. The van der Waals surface area contributed by atoms with Crippen molar-refractivity contribution in [3.05, 3.63) is 0 Å². The predicted octanol–water partition coefficient (Wildman–Crippen LogP) is -0.186.